The van der Waals surface area contributed by atoms with E-state index in [0.717, 1.165) is 31.2 Å². The van der Waals surface area contributed by atoms with Crippen molar-refractivity contribution < 1.29 is 19.0 Å². The van der Waals surface area contributed by atoms with Gasteiger partial charge in [0, 0.05) is 6.08 Å². The van der Waals surface area contributed by atoms with E-state index in [1.807, 2.05) is 18.2 Å². The fourth-order valence-electron chi connectivity index (χ4n) is 2.75. The molecule has 0 aliphatic rings. The van der Waals surface area contributed by atoms with Gasteiger partial charge < -0.3 is 14.2 Å². The van der Waals surface area contributed by atoms with Crippen molar-refractivity contribution >= 4 is 12.0 Å². The Morgan fingerprint density at radius 2 is 1.57 bits per heavy atom. The van der Waals surface area contributed by atoms with E-state index in [1.54, 1.807) is 13.2 Å². The first-order valence-electron chi connectivity index (χ1n) is 10.4. The van der Waals surface area contributed by atoms with E-state index in [4.69, 9.17) is 9.47 Å². The van der Waals surface area contributed by atoms with Crippen molar-refractivity contribution in [3.05, 3.63) is 64.8 Å². The molecule has 0 atom stereocenters. The molecular weight excluding hydrogens is 376 g/mol. The first-order valence-corrected chi connectivity index (χ1v) is 10.4. The molecule has 1 rings (SSSR count). The summed E-state index contributed by atoms with van der Waals surface area (Å²) >= 11 is 0. The number of methoxy groups -OCH3 is 2. The second-order valence-electron chi connectivity index (χ2n) is 7.54. The van der Waals surface area contributed by atoms with Gasteiger partial charge in [-0.15, -0.1) is 0 Å². The largest absolute Gasteiger partial charge is 0.493 e. The van der Waals surface area contributed by atoms with Gasteiger partial charge in [0.1, 0.15) is 6.61 Å². The van der Waals surface area contributed by atoms with Gasteiger partial charge in [-0.1, -0.05) is 34.9 Å². The topological polar surface area (TPSA) is 44.8 Å². The average molecular weight is 413 g/mol. The van der Waals surface area contributed by atoms with Crippen molar-refractivity contribution in [2.45, 2.75) is 53.4 Å². The molecule has 1 aromatic rings. The molecule has 0 saturated carbocycles. The van der Waals surface area contributed by atoms with E-state index < -0.39 is 5.97 Å². The van der Waals surface area contributed by atoms with Gasteiger partial charge in [-0.05, 0) is 83.2 Å². The standard InChI is InChI=1S/C26H36O4/c1-20(2)9-7-10-21(3)11-8-12-22(4)17-18-30-24-15-13-23(19-25(24)28-5)14-16-26(27)29-6/h9,11,13-17,19H,7-8,10,12,18H2,1-6H3/b16-14+,21-11+,22-17+. The summed E-state index contributed by atoms with van der Waals surface area (Å²) in [6.07, 6.45) is 14.1. The molecule has 4 nitrogen and oxygen atoms in total. The van der Waals surface area contributed by atoms with Gasteiger partial charge in [0.05, 0.1) is 14.2 Å². The molecule has 0 amide bonds. The summed E-state index contributed by atoms with van der Waals surface area (Å²) in [7, 11) is 2.95. The van der Waals surface area contributed by atoms with Crippen LogP contribution in [0.25, 0.3) is 6.08 Å². The van der Waals surface area contributed by atoms with E-state index in [-0.39, 0.29) is 0 Å². The number of esters is 1. The first kappa shape index (κ1) is 25.3. The molecule has 0 aliphatic heterocycles. The van der Waals surface area contributed by atoms with Crippen molar-refractivity contribution in [1.29, 1.82) is 0 Å². The van der Waals surface area contributed by atoms with Gasteiger partial charge in [0.25, 0.3) is 0 Å². The molecule has 0 N–H and O–H groups in total. The lowest BCUT2D eigenvalue weighted by Gasteiger charge is -2.10. The minimum atomic E-state index is -0.396. The zero-order valence-electron chi connectivity index (χ0n) is 19.3. The number of carbonyl (C=O) groups is 1. The van der Waals surface area contributed by atoms with Crippen LogP contribution in [-0.2, 0) is 9.53 Å². The molecule has 30 heavy (non-hydrogen) atoms. The average Bonchev–Trinajstić information content (AvgIpc) is 2.72. The number of hydrogen-bond donors (Lipinski definition) is 0. The summed E-state index contributed by atoms with van der Waals surface area (Å²) < 4.78 is 15.9. The predicted octanol–water partition coefficient (Wildman–Crippen LogP) is 6.68. The summed E-state index contributed by atoms with van der Waals surface area (Å²) in [5, 5.41) is 0. The minimum absolute atomic E-state index is 0.396. The van der Waals surface area contributed by atoms with Crippen molar-refractivity contribution in [1.82, 2.24) is 0 Å². The van der Waals surface area contributed by atoms with Gasteiger partial charge >= 0.3 is 5.97 Å². The van der Waals surface area contributed by atoms with E-state index in [2.05, 4.69) is 50.7 Å². The highest BCUT2D eigenvalue weighted by Crippen LogP contribution is 2.28. The van der Waals surface area contributed by atoms with Crippen LogP contribution in [-0.4, -0.2) is 26.8 Å². The molecule has 0 spiro atoms. The number of rotatable bonds is 12. The zero-order valence-corrected chi connectivity index (χ0v) is 19.3. The third-order valence-electron chi connectivity index (χ3n) is 4.59. The molecule has 0 unspecified atom stereocenters. The summed E-state index contributed by atoms with van der Waals surface area (Å²) in [4.78, 5) is 11.2. The lowest BCUT2D eigenvalue weighted by Crippen LogP contribution is -1.98. The monoisotopic (exact) mass is 412 g/mol. The van der Waals surface area contributed by atoms with Gasteiger partial charge in [-0.2, -0.15) is 0 Å². The Labute approximate surface area is 181 Å². The van der Waals surface area contributed by atoms with Gasteiger partial charge in [0.15, 0.2) is 11.5 Å². The van der Waals surface area contributed by atoms with Crippen LogP contribution in [0.3, 0.4) is 0 Å². The molecule has 164 valence electrons. The second kappa shape index (κ2) is 14.3. The van der Waals surface area contributed by atoms with Gasteiger partial charge in [-0.3, -0.25) is 0 Å². The van der Waals surface area contributed by atoms with Crippen LogP contribution in [0.5, 0.6) is 11.5 Å². The molecule has 0 fully saturated rings. The van der Waals surface area contributed by atoms with E-state index >= 15 is 0 Å². The zero-order chi connectivity index (χ0) is 22.4. The van der Waals surface area contributed by atoms with Gasteiger partial charge in [-0.25, -0.2) is 4.79 Å². The molecule has 0 radical (unpaired) electrons. The number of benzene rings is 1. The molecule has 0 bridgehead atoms. The van der Waals surface area contributed by atoms with Crippen molar-refractivity contribution in [3.8, 4) is 11.5 Å². The Morgan fingerprint density at radius 1 is 0.900 bits per heavy atom. The fourth-order valence-corrected chi connectivity index (χ4v) is 2.75. The molecule has 0 aromatic heterocycles. The van der Waals surface area contributed by atoms with E-state index in [1.165, 1.54) is 29.9 Å². The predicted molar refractivity (Wildman–Crippen MR) is 125 cm³/mol. The fraction of sp³-hybridized carbons (Fsp3) is 0.423. The Bertz CT molecular complexity index is 793. The lowest BCUT2D eigenvalue weighted by molar-refractivity contribution is -0.134. The summed E-state index contributed by atoms with van der Waals surface area (Å²) in [6, 6.07) is 5.54. The van der Waals surface area contributed by atoms with Crippen molar-refractivity contribution in [2.24, 2.45) is 0 Å². The van der Waals surface area contributed by atoms with Crippen LogP contribution in [0.4, 0.5) is 0 Å². The highest BCUT2D eigenvalue weighted by atomic mass is 16.5. The van der Waals surface area contributed by atoms with Crippen LogP contribution in [0, 0.1) is 0 Å². The molecule has 0 heterocycles. The number of hydrogen-bond acceptors (Lipinski definition) is 4. The molecule has 1 aromatic carbocycles. The molecule has 0 aliphatic carbocycles. The Morgan fingerprint density at radius 3 is 2.20 bits per heavy atom. The maximum atomic E-state index is 11.2. The lowest BCUT2D eigenvalue weighted by atomic mass is 10.1. The normalized spacial score (nSPS) is 12.1. The smallest absolute Gasteiger partial charge is 0.330 e. The molecule has 0 saturated heterocycles. The van der Waals surface area contributed by atoms with Crippen LogP contribution < -0.4 is 9.47 Å². The Kier molecular flexibility index (Phi) is 12.0. The third kappa shape index (κ3) is 10.7. The summed E-state index contributed by atoms with van der Waals surface area (Å²) in [5.74, 6) is 0.905. The van der Waals surface area contributed by atoms with Crippen LogP contribution in [0.2, 0.25) is 0 Å². The van der Waals surface area contributed by atoms with Crippen LogP contribution in [0.15, 0.2) is 59.2 Å². The Hall–Kier alpha value is -2.75. The maximum absolute atomic E-state index is 11.2. The number of allylic oxidation sites excluding steroid dienone is 5. The second-order valence-corrected chi connectivity index (χ2v) is 7.54. The van der Waals surface area contributed by atoms with Gasteiger partial charge in [0.2, 0.25) is 0 Å². The van der Waals surface area contributed by atoms with Crippen LogP contribution in [0.1, 0.15) is 58.9 Å². The number of carbonyl (C=O) groups excluding carboxylic acids is 1. The highest BCUT2D eigenvalue weighted by molar-refractivity contribution is 5.87. The SMILES string of the molecule is COC(=O)/C=C/c1ccc(OC/C=C(\C)CC/C=C(\C)CCC=C(C)C)c(OC)c1. The number of ether oxygens (including phenoxy) is 3. The van der Waals surface area contributed by atoms with E-state index in [9.17, 15) is 4.79 Å². The first-order chi connectivity index (χ1) is 14.3. The molecular formula is C26H36O4. The van der Waals surface area contributed by atoms with E-state index in [0.29, 0.717) is 18.1 Å². The Balaban J connectivity index is 2.52. The quantitative estimate of drug-likeness (QED) is 0.218. The summed E-state index contributed by atoms with van der Waals surface area (Å²) in [6.45, 7) is 9.11. The van der Waals surface area contributed by atoms with Crippen LogP contribution >= 0.6 is 0 Å². The third-order valence-corrected chi connectivity index (χ3v) is 4.59. The highest BCUT2D eigenvalue weighted by Gasteiger charge is 2.05. The molecule has 4 heteroatoms. The van der Waals surface area contributed by atoms with Crippen molar-refractivity contribution in [2.75, 3.05) is 20.8 Å². The summed E-state index contributed by atoms with van der Waals surface area (Å²) in [5.41, 5.74) is 4.97. The van der Waals surface area contributed by atoms with Crippen molar-refractivity contribution in [3.63, 3.8) is 0 Å². The maximum Gasteiger partial charge on any atom is 0.330 e. The minimum Gasteiger partial charge on any atom is -0.493 e.